The number of esters is 2. The van der Waals surface area contributed by atoms with Crippen LogP contribution in [0.5, 0.6) is 0 Å². The number of hydrogen-bond donors (Lipinski definition) is 7. The maximum Gasteiger partial charge on any atom is 0.306 e. The van der Waals surface area contributed by atoms with Crippen LogP contribution in [0.1, 0.15) is 129 Å². The predicted octanol–water partition coefficient (Wildman–Crippen LogP) is 4.37. The number of carbonyl (C=O) groups is 2. The molecule has 0 aliphatic carbocycles. The fraction of sp³-hybridized carbons (Fsp3) is 0.778. The largest absolute Gasteiger partial charge is 0.462 e. The zero-order chi connectivity index (χ0) is 44.0. The Labute approximate surface area is 357 Å². The topological polar surface area (TPSA) is 231 Å². The van der Waals surface area contributed by atoms with E-state index in [1.807, 2.05) is 18.2 Å². The van der Waals surface area contributed by atoms with Crippen molar-refractivity contribution in [3.63, 3.8) is 0 Å². The van der Waals surface area contributed by atoms with Crippen molar-refractivity contribution in [1.82, 2.24) is 0 Å². The van der Waals surface area contributed by atoms with Gasteiger partial charge in [0.1, 0.15) is 55.4 Å². The van der Waals surface area contributed by atoms with Crippen molar-refractivity contribution in [2.45, 2.75) is 197 Å². The Morgan fingerprint density at radius 3 is 1.62 bits per heavy atom. The summed E-state index contributed by atoms with van der Waals surface area (Å²) >= 11 is 0. The highest BCUT2D eigenvalue weighted by Gasteiger charge is 2.47. The number of rotatable bonds is 32. The lowest BCUT2D eigenvalue weighted by molar-refractivity contribution is -0.332. The Balaban J connectivity index is 1.90. The zero-order valence-corrected chi connectivity index (χ0v) is 35.9. The summed E-state index contributed by atoms with van der Waals surface area (Å²) in [6.07, 6.45) is 16.1. The molecular formula is C45H76O15. The monoisotopic (exact) mass is 857 g/mol. The Kier molecular flexibility index (Phi) is 29.5. The highest BCUT2D eigenvalue weighted by atomic mass is 16.7. The van der Waals surface area contributed by atoms with Crippen LogP contribution in [0.3, 0.4) is 0 Å². The molecule has 0 bridgehead atoms. The average Bonchev–Trinajstić information content (AvgIpc) is 3.24. The Morgan fingerprint density at radius 1 is 0.550 bits per heavy atom. The first-order chi connectivity index (χ1) is 29.0. The van der Waals surface area contributed by atoms with Crippen molar-refractivity contribution < 1.29 is 73.8 Å². The van der Waals surface area contributed by atoms with Gasteiger partial charge in [0.2, 0.25) is 0 Å². The van der Waals surface area contributed by atoms with E-state index in [-0.39, 0.29) is 19.4 Å². The van der Waals surface area contributed by atoms with E-state index in [0.29, 0.717) is 19.3 Å². The number of hydrogen-bond acceptors (Lipinski definition) is 15. The molecule has 2 saturated heterocycles. The summed E-state index contributed by atoms with van der Waals surface area (Å²) in [6.45, 7) is 2.35. The van der Waals surface area contributed by atoms with E-state index < -0.39 is 99.3 Å². The van der Waals surface area contributed by atoms with Gasteiger partial charge in [-0.1, -0.05) is 127 Å². The van der Waals surface area contributed by atoms with Crippen LogP contribution in [0, 0.1) is 0 Å². The van der Waals surface area contributed by atoms with Crippen LogP contribution in [-0.4, -0.2) is 142 Å². The van der Waals surface area contributed by atoms with Crippen LogP contribution in [0.4, 0.5) is 0 Å². The molecule has 0 saturated carbocycles. The molecule has 0 radical (unpaired) electrons. The van der Waals surface area contributed by atoms with Crippen LogP contribution in [0.25, 0.3) is 0 Å². The third kappa shape index (κ3) is 22.0. The number of allylic oxidation sites excluding steroid dienone is 8. The molecule has 15 heteroatoms. The second-order valence-corrected chi connectivity index (χ2v) is 15.5. The molecule has 2 aliphatic heterocycles. The minimum absolute atomic E-state index is 0.0439. The highest BCUT2D eigenvalue weighted by molar-refractivity contribution is 5.70. The van der Waals surface area contributed by atoms with E-state index >= 15 is 0 Å². The molecule has 0 aromatic rings. The van der Waals surface area contributed by atoms with Gasteiger partial charge in [-0.05, 0) is 38.5 Å². The fourth-order valence-corrected chi connectivity index (χ4v) is 6.64. The Bertz CT molecular complexity index is 1240. The minimum Gasteiger partial charge on any atom is -0.462 e. The Morgan fingerprint density at radius 2 is 1.05 bits per heavy atom. The van der Waals surface area contributed by atoms with E-state index in [1.54, 1.807) is 0 Å². The second-order valence-electron chi connectivity index (χ2n) is 15.5. The molecule has 0 amide bonds. The van der Waals surface area contributed by atoms with E-state index in [4.69, 9.17) is 28.4 Å². The molecule has 2 aliphatic rings. The van der Waals surface area contributed by atoms with Gasteiger partial charge in [0.15, 0.2) is 18.7 Å². The van der Waals surface area contributed by atoms with E-state index in [1.165, 1.54) is 44.9 Å². The lowest BCUT2D eigenvalue weighted by Gasteiger charge is -2.42. The molecule has 15 nitrogen and oxygen atoms in total. The third-order valence-electron chi connectivity index (χ3n) is 10.3. The SMILES string of the molecule is CC/C=C\C/C=C\C/C=C\C/C=C\CCC(=O)OC(COC(=O)CCCCCCCCCCCCC)COC1OC(COC2OC(CO)C(O)C(O)C2O)C(O)C(O)C1O. The molecule has 11 unspecified atom stereocenters. The summed E-state index contributed by atoms with van der Waals surface area (Å²) < 4.78 is 33.3. The predicted molar refractivity (Wildman–Crippen MR) is 224 cm³/mol. The first kappa shape index (κ1) is 53.6. The third-order valence-corrected chi connectivity index (χ3v) is 10.3. The molecule has 2 rings (SSSR count). The summed E-state index contributed by atoms with van der Waals surface area (Å²) in [5.74, 6) is -1.02. The van der Waals surface area contributed by atoms with Crippen molar-refractivity contribution in [3.8, 4) is 0 Å². The molecule has 60 heavy (non-hydrogen) atoms. The van der Waals surface area contributed by atoms with Crippen LogP contribution >= 0.6 is 0 Å². The maximum atomic E-state index is 12.9. The van der Waals surface area contributed by atoms with E-state index in [0.717, 1.165) is 38.5 Å². The van der Waals surface area contributed by atoms with Gasteiger partial charge in [0.25, 0.3) is 0 Å². The summed E-state index contributed by atoms with van der Waals surface area (Å²) in [5.41, 5.74) is 0. The van der Waals surface area contributed by atoms with Gasteiger partial charge in [-0.3, -0.25) is 9.59 Å². The van der Waals surface area contributed by atoms with Crippen molar-refractivity contribution in [3.05, 3.63) is 48.6 Å². The number of carbonyl (C=O) groups excluding carboxylic acids is 2. The van der Waals surface area contributed by atoms with Crippen molar-refractivity contribution in [2.75, 3.05) is 26.4 Å². The summed E-state index contributed by atoms with van der Waals surface area (Å²) in [4.78, 5) is 25.5. The molecule has 2 heterocycles. The Hall–Kier alpha value is -2.54. The summed E-state index contributed by atoms with van der Waals surface area (Å²) in [5, 5.41) is 71.8. The fourth-order valence-electron chi connectivity index (χ4n) is 6.64. The second kappa shape index (κ2) is 33.1. The van der Waals surface area contributed by atoms with Gasteiger partial charge in [0.05, 0.1) is 19.8 Å². The molecule has 2 fully saturated rings. The molecule has 346 valence electrons. The molecule has 7 N–H and O–H groups in total. The van der Waals surface area contributed by atoms with Gasteiger partial charge in [-0.25, -0.2) is 0 Å². The number of aliphatic hydroxyl groups excluding tert-OH is 7. The van der Waals surface area contributed by atoms with E-state index in [9.17, 15) is 45.3 Å². The van der Waals surface area contributed by atoms with Crippen LogP contribution < -0.4 is 0 Å². The van der Waals surface area contributed by atoms with Crippen molar-refractivity contribution in [1.29, 1.82) is 0 Å². The maximum absolute atomic E-state index is 12.9. The summed E-state index contributed by atoms with van der Waals surface area (Å²) in [7, 11) is 0. The first-order valence-corrected chi connectivity index (χ1v) is 22.2. The first-order valence-electron chi connectivity index (χ1n) is 22.2. The molecule has 0 aromatic carbocycles. The van der Waals surface area contributed by atoms with Gasteiger partial charge < -0.3 is 64.2 Å². The quantitative estimate of drug-likeness (QED) is 0.0283. The zero-order valence-electron chi connectivity index (χ0n) is 35.9. The van der Waals surface area contributed by atoms with Gasteiger partial charge >= 0.3 is 11.9 Å². The molecular weight excluding hydrogens is 780 g/mol. The van der Waals surface area contributed by atoms with Crippen LogP contribution in [0.15, 0.2) is 48.6 Å². The molecule has 0 spiro atoms. The standard InChI is InChI=1S/C45H76O15/c1-3-5-7-9-11-13-15-16-18-20-22-24-26-28-37(48)58-33(30-55-36(47)27-25-23-21-19-17-14-12-10-8-6-4-2)31-56-44-43(54)41(52)39(50)35(60-44)32-57-45-42(53)40(51)38(49)34(29-46)59-45/h5,7,11,13,16,18,22,24,33-35,38-46,49-54H,3-4,6,8-10,12,14-15,17,19-21,23,25-32H2,1-2H3/b7-5-,13-11-,18-16-,24-22-. The van der Waals surface area contributed by atoms with E-state index in [2.05, 4.69) is 44.2 Å². The van der Waals surface area contributed by atoms with Gasteiger partial charge in [-0.15, -0.1) is 0 Å². The van der Waals surface area contributed by atoms with Crippen molar-refractivity contribution in [2.24, 2.45) is 0 Å². The van der Waals surface area contributed by atoms with Gasteiger partial charge in [-0.2, -0.15) is 0 Å². The van der Waals surface area contributed by atoms with Crippen LogP contribution in [-0.2, 0) is 38.0 Å². The molecule has 11 atom stereocenters. The number of aliphatic hydroxyl groups is 7. The number of ether oxygens (including phenoxy) is 6. The summed E-state index contributed by atoms with van der Waals surface area (Å²) in [6, 6.07) is 0. The van der Waals surface area contributed by atoms with Gasteiger partial charge in [0, 0.05) is 12.8 Å². The lowest BCUT2D eigenvalue weighted by atomic mass is 9.98. The molecule has 0 aromatic heterocycles. The highest BCUT2D eigenvalue weighted by Crippen LogP contribution is 2.26. The van der Waals surface area contributed by atoms with Crippen molar-refractivity contribution >= 4 is 11.9 Å². The lowest BCUT2D eigenvalue weighted by Crippen LogP contribution is -2.61. The van der Waals surface area contributed by atoms with Crippen LogP contribution in [0.2, 0.25) is 0 Å². The normalized spacial score (nSPS) is 28.0. The average molecular weight is 857 g/mol. The minimum atomic E-state index is -1.78. The number of unbranched alkanes of at least 4 members (excludes halogenated alkanes) is 10. The smallest absolute Gasteiger partial charge is 0.306 e.